The first-order valence-corrected chi connectivity index (χ1v) is 9.22. The van der Waals surface area contributed by atoms with E-state index >= 15 is 0 Å². The van der Waals surface area contributed by atoms with E-state index in [1.807, 2.05) is 6.08 Å². The summed E-state index contributed by atoms with van der Waals surface area (Å²) in [7, 11) is 0. The van der Waals surface area contributed by atoms with Gasteiger partial charge in [-0.1, -0.05) is 12.1 Å². The van der Waals surface area contributed by atoms with Crippen molar-refractivity contribution in [2.24, 2.45) is 0 Å². The number of amides is 1. The van der Waals surface area contributed by atoms with Gasteiger partial charge in [0.05, 0.1) is 0 Å². The lowest BCUT2D eigenvalue weighted by Gasteiger charge is -2.27. The van der Waals surface area contributed by atoms with Crippen LogP contribution in [-0.2, 0) is 11.3 Å². The second-order valence-corrected chi connectivity index (χ2v) is 8.28. The normalized spacial score (nSPS) is 18.7. The van der Waals surface area contributed by atoms with Crippen LogP contribution in [-0.4, -0.2) is 30.1 Å². The Bertz CT molecular complexity index is 547. The molecule has 1 amide bonds. The molecule has 1 aromatic heterocycles. The van der Waals surface area contributed by atoms with Crippen LogP contribution in [0.15, 0.2) is 29.2 Å². The first-order chi connectivity index (χ1) is 10.8. The lowest BCUT2D eigenvalue weighted by molar-refractivity contribution is -0.118. The van der Waals surface area contributed by atoms with Crippen molar-refractivity contribution in [1.82, 2.24) is 16.0 Å². The van der Waals surface area contributed by atoms with Crippen molar-refractivity contribution in [3.63, 3.8) is 0 Å². The molecule has 2 rings (SSSR count). The highest BCUT2D eigenvalue weighted by molar-refractivity contribution is 7.09. The molecular formula is C18H29N3OS. The van der Waals surface area contributed by atoms with Gasteiger partial charge in [-0.2, -0.15) is 0 Å². The quantitative estimate of drug-likeness (QED) is 0.640. The molecule has 0 bridgehead atoms. The monoisotopic (exact) mass is 335 g/mol. The Balaban J connectivity index is 1.62. The second-order valence-electron chi connectivity index (χ2n) is 7.25. The Morgan fingerprint density at radius 1 is 1.22 bits per heavy atom. The maximum atomic E-state index is 12.4. The van der Waals surface area contributed by atoms with E-state index < -0.39 is 0 Å². The minimum Gasteiger partial charge on any atom is -0.352 e. The van der Waals surface area contributed by atoms with E-state index in [4.69, 9.17) is 0 Å². The number of rotatable bonds is 8. The first kappa shape index (κ1) is 18.2. The Kier molecular flexibility index (Phi) is 6.00. The summed E-state index contributed by atoms with van der Waals surface area (Å²) in [6.45, 7) is 10.9. The average molecular weight is 336 g/mol. The van der Waals surface area contributed by atoms with Gasteiger partial charge in [0.15, 0.2) is 0 Å². The number of unbranched alkanes of at least 4 members (excludes halogenated alkanes) is 1. The summed E-state index contributed by atoms with van der Waals surface area (Å²) in [5.41, 5.74) is 0.455. The SMILES string of the molecule is CC1(C)C=C(C(=O)NCCCCNCc2cccs2)C(C)(C)N1. The Morgan fingerprint density at radius 2 is 1.96 bits per heavy atom. The van der Waals surface area contributed by atoms with E-state index in [1.165, 1.54) is 4.88 Å². The average Bonchev–Trinajstić information content (AvgIpc) is 3.02. The highest BCUT2D eigenvalue weighted by Crippen LogP contribution is 2.29. The van der Waals surface area contributed by atoms with Gasteiger partial charge in [-0.25, -0.2) is 0 Å². The third-order valence-electron chi connectivity index (χ3n) is 4.00. The minimum atomic E-state index is -0.268. The zero-order chi connectivity index (χ0) is 16.9. The molecule has 0 aliphatic carbocycles. The molecule has 4 nitrogen and oxygen atoms in total. The number of thiophene rings is 1. The maximum Gasteiger partial charge on any atom is 0.248 e. The summed E-state index contributed by atoms with van der Waals surface area (Å²) >= 11 is 1.78. The molecular weight excluding hydrogens is 306 g/mol. The Labute approximate surface area is 143 Å². The van der Waals surface area contributed by atoms with Gasteiger partial charge >= 0.3 is 0 Å². The minimum absolute atomic E-state index is 0.0552. The summed E-state index contributed by atoms with van der Waals surface area (Å²) in [5, 5.41) is 12.0. The van der Waals surface area contributed by atoms with Crippen molar-refractivity contribution in [1.29, 1.82) is 0 Å². The molecule has 5 heteroatoms. The molecule has 0 saturated carbocycles. The third kappa shape index (κ3) is 5.44. The van der Waals surface area contributed by atoms with Gasteiger partial charge < -0.3 is 10.6 Å². The molecule has 0 atom stereocenters. The third-order valence-corrected chi connectivity index (χ3v) is 4.88. The molecule has 128 valence electrons. The van der Waals surface area contributed by atoms with Gasteiger partial charge in [0.2, 0.25) is 5.91 Å². The molecule has 2 heterocycles. The molecule has 0 spiro atoms. The van der Waals surface area contributed by atoms with Crippen molar-refractivity contribution in [2.75, 3.05) is 13.1 Å². The standard InChI is InChI=1S/C18H29N3OS/c1-17(2)12-15(18(3,4)21-17)16(22)20-10-6-5-9-19-13-14-8-7-11-23-14/h7-8,11-12,19,21H,5-6,9-10,13H2,1-4H3,(H,20,22). The molecule has 0 unspecified atom stereocenters. The van der Waals surface area contributed by atoms with Crippen LogP contribution in [0.25, 0.3) is 0 Å². The summed E-state index contributed by atoms with van der Waals surface area (Å²) < 4.78 is 0. The van der Waals surface area contributed by atoms with Crippen molar-refractivity contribution >= 4 is 17.2 Å². The highest BCUT2D eigenvalue weighted by Gasteiger charge is 2.39. The smallest absolute Gasteiger partial charge is 0.248 e. The summed E-state index contributed by atoms with van der Waals surface area (Å²) in [5.74, 6) is 0.0552. The van der Waals surface area contributed by atoms with Gasteiger partial charge in [-0.05, 0) is 58.5 Å². The fourth-order valence-corrected chi connectivity index (χ4v) is 3.77. The summed E-state index contributed by atoms with van der Waals surface area (Å²) in [6.07, 6.45) is 4.11. The largest absolute Gasteiger partial charge is 0.352 e. The van der Waals surface area contributed by atoms with Gasteiger partial charge in [0.1, 0.15) is 0 Å². The maximum absolute atomic E-state index is 12.4. The number of hydrogen-bond acceptors (Lipinski definition) is 4. The number of carbonyl (C=O) groups is 1. The molecule has 23 heavy (non-hydrogen) atoms. The van der Waals surface area contributed by atoms with E-state index in [0.29, 0.717) is 0 Å². The number of hydrogen-bond donors (Lipinski definition) is 3. The number of carbonyl (C=O) groups excluding carboxylic acids is 1. The van der Waals surface area contributed by atoms with Gasteiger partial charge in [-0.3, -0.25) is 10.1 Å². The lowest BCUT2D eigenvalue weighted by atomic mass is 9.96. The van der Waals surface area contributed by atoms with Crippen LogP contribution >= 0.6 is 11.3 Å². The van der Waals surface area contributed by atoms with Crippen LogP contribution in [0, 0.1) is 0 Å². The van der Waals surface area contributed by atoms with E-state index in [1.54, 1.807) is 11.3 Å². The van der Waals surface area contributed by atoms with Gasteiger partial charge in [0, 0.05) is 34.6 Å². The van der Waals surface area contributed by atoms with Gasteiger partial charge in [-0.15, -0.1) is 11.3 Å². The van der Waals surface area contributed by atoms with E-state index in [0.717, 1.165) is 38.0 Å². The summed E-state index contributed by atoms with van der Waals surface area (Å²) in [6, 6.07) is 4.22. The van der Waals surface area contributed by atoms with Crippen molar-refractivity contribution < 1.29 is 4.79 Å². The van der Waals surface area contributed by atoms with Crippen molar-refractivity contribution in [3.8, 4) is 0 Å². The van der Waals surface area contributed by atoms with Crippen molar-refractivity contribution in [3.05, 3.63) is 34.0 Å². The van der Waals surface area contributed by atoms with E-state index in [2.05, 4.69) is 61.2 Å². The van der Waals surface area contributed by atoms with Crippen LogP contribution in [0.5, 0.6) is 0 Å². The van der Waals surface area contributed by atoms with E-state index in [9.17, 15) is 4.79 Å². The zero-order valence-electron chi connectivity index (χ0n) is 14.7. The Hall–Kier alpha value is -1.17. The van der Waals surface area contributed by atoms with Crippen LogP contribution in [0.3, 0.4) is 0 Å². The van der Waals surface area contributed by atoms with Crippen LogP contribution in [0.4, 0.5) is 0 Å². The fraction of sp³-hybridized carbons (Fsp3) is 0.611. The Morgan fingerprint density at radius 3 is 2.57 bits per heavy atom. The van der Waals surface area contributed by atoms with Gasteiger partial charge in [0.25, 0.3) is 0 Å². The van der Waals surface area contributed by atoms with Crippen molar-refractivity contribution in [2.45, 2.75) is 58.2 Å². The topological polar surface area (TPSA) is 53.2 Å². The van der Waals surface area contributed by atoms with Crippen LogP contribution < -0.4 is 16.0 Å². The highest BCUT2D eigenvalue weighted by atomic mass is 32.1. The molecule has 1 aromatic rings. The number of nitrogens with one attached hydrogen (secondary N) is 3. The zero-order valence-corrected chi connectivity index (χ0v) is 15.5. The molecule has 3 N–H and O–H groups in total. The predicted molar refractivity (Wildman–Crippen MR) is 97.6 cm³/mol. The molecule has 0 radical (unpaired) electrons. The summed E-state index contributed by atoms with van der Waals surface area (Å²) in [4.78, 5) is 13.7. The lowest BCUT2D eigenvalue weighted by Crippen LogP contribution is -2.47. The van der Waals surface area contributed by atoms with Crippen LogP contribution in [0.1, 0.15) is 45.4 Å². The predicted octanol–water partition coefficient (Wildman–Crippen LogP) is 2.82. The molecule has 1 aliphatic heterocycles. The fourth-order valence-electron chi connectivity index (χ4n) is 3.10. The first-order valence-electron chi connectivity index (χ1n) is 8.34. The second kappa shape index (κ2) is 7.60. The molecule has 0 aromatic carbocycles. The molecule has 0 fully saturated rings. The molecule has 0 saturated heterocycles. The molecule has 1 aliphatic rings. The van der Waals surface area contributed by atoms with Crippen LogP contribution in [0.2, 0.25) is 0 Å². The van der Waals surface area contributed by atoms with E-state index in [-0.39, 0.29) is 17.0 Å².